The minimum absolute atomic E-state index is 0.314. The number of hydrogen-bond acceptors (Lipinski definition) is 2. The smallest absolute Gasteiger partial charge is 0.0937 e. The van der Waals surface area contributed by atoms with E-state index in [0.29, 0.717) is 18.3 Å². The standard InChI is InChI=1S/C10H13NO/c1-8(2)10(3-5-11)9-4-6-12-7-9/h4,6-8,10H,3H2,1-2H3. The molecule has 0 aliphatic heterocycles. The average molecular weight is 163 g/mol. The molecule has 1 aromatic heterocycles. The summed E-state index contributed by atoms with van der Waals surface area (Å²) in [4.78, 5) is 0. The number of nitriles is 1. The molecule has 1 aromatic rings. The molecule has 0 bridgehead atoms. The molecule has 1 unspecified atom stereocenters. The molecule has 1 rings (SSSR count). The molecule has 0 amide bonds. The van der Waals surface area contributed by atoms with Crippen LogP contribution in [0, 0.1) is 17.2 Å². The van der Waals surface area contributed by atoms with Crippen molar-refractivity contribution in [2.75, 3.05) is 0 Å². The number of nitrogens with zero attached hydrogens (tertiary/aromatic N) is 1. The van der Waals surface area contributed by atoms with E-state index in [2.05, 4.69) is 19.9 Å². The highest BCUT2D eigenvalue weighted by atomic mass is 16.3. The lowest BCUT2D eigenvalue weighted by molar-refractivity contribution is 0.494. The number of furan rings is 1. The molecule has 1 heterocycles. The van der Waals surface area contributed by atoms with E-state index in [0.717, 1.165) is 5.56 Å². The topological polar surface area (TPSA) is 36.9 Å². The summed E-state index contributed by atoms with van der Waals surface area (Å²) in [6.07, 6.45) is 3.95. The Kier molecular flexibility index (Phi) is 2.93. The van der Waals surface area contributed by atoms with Gasteiger partial charge < -0.3 is 4.42 Å². The number of hydrogen-bond donors (Lipinski definition) is 0. The molecule has 0 spiro atoms. The molecular formula is C10H13NO. The Labute approximate surface area is 72.8 Å². The predicted molar refractivity (Wildman–Crippen MR) is 46.5 cm³/mol. The fraction of sp³-hybridized carbons (Fsp3) is 0.500. The molecule has 1 atom stereocenters. The van der Waals surface area contributed by atoms with Gasteiger partial charge in [-0.2, -0.15) is 5.26 Å². The quantitative estimate of drug-likeness (QED) is 0.687. The summed E-state index contributed by atoms with van der Waals surface area (Å²) in [5, 5.41) is 8.60. The van der Waals surface area contributed by atoms with E-state index in [4.69, 9.17) is 9.68 Å². The summed E-state index contributed by atoms with van der Waals surface area (Å²) in [6, 6.07) is 4.13. The van der Waals surface area contributed by atoms with Crippen molar-refractivity contribution < 1.29 is 4.42 Å². The van der Waals surface area contributed by atoms with E-state index in [9.17, 15) is 0 Å². The molecule has 0 aliphatic carbocycles. The van der Waals surface area contributed by atoms with Gasteiger partial charge in [-0.25, -0.2) is 0 Å². The largest absolute Gasteiger partial charge is 0.472 e. The van der Waals surface area contributed by atoms with Crippen LogP contribution in [0.5, 0.6) is 0 Å². The van der Waals surface area contributed by atoms with Crippen molar-refractivity contribution in [1.82, 2.24) is 0 Å². The third-order valence-electron chi connectivity index (χ3n) is 2.09. The van der Waals surface area contributed by atoms with E-state index in [1.165, 1.54) is 0 Å². The van der Waals surface area contributed by atoms with E-state index in [1.54, 1.807) is 12.5 Å². The van der Waals surface area contributed by atoms with Gasteiger partial charge >= 0.3 is 0 Å². The van der Waals surface area contributed by atoms with Crippen LogP contribution in [0.3, 0.4) is 0 Å². The second kappa shape index (κ2) is 3.96. The lowest BCUT2D eigenvalue weighted by Crippen LogP contribution is -2.04. The number of rotatable bonds is 3. The maximum atomic E-state index is 8.60. The van der Waals surface area contributed by atoms with Crippen LogP contribution in [-0.2, 0) is 0 Å². The summed E-state index contributed by atoms with van der Waals surface area (Å²) in [6.45, 7) is 4.24. The predicted octanol–water partition coefficient (Wildman–Crippen LogP) is 2.93. The van der Waals surface area contributed by atoms with Gasteiger partial charge in [-0.3, -0.25) is 0 Å². The summed E-state index contributed by atoms with van der Waals surface area (Å²) < 4.78 is 4.98. The third kappa shape index (κ3) is 1.88. The van der Waals surface area contributed by atoms with Gasteiger partial charge in [0.1, 0.15) is 0 Å². The van der Waals surface area contributed by atoms with Crippen molar-refractivity contribution >= 4 is 0 Å². The Hall–Kier alpha value is -1.23. The monoisotopic (exact) mass is 163 g/mol. The molecule has 0 radical (unpaired) electrons. The Morgan fingerprint density at radius 2 is 2.33 bits per heavy atom. The molecule has 0 aromatic carbocycles. The second-order valence-corrected chi connectivity index (χ2v) is 3.27. The van der Waals surface area contributed by atoms with E-state index < -0.39 is 0 Å². The first-order chi connectivity index (χ1) is 5.75. The maximum Gasteiger partial charge on any atom is 0.0937 e. The highest BCUT2D eigenvalue weighted by Gasteiger charge is 2.15. The maximum absolute atomic E-state index is 8.60. The van der Waals surface area contributed by atoms with Gasteiger partial charge in [0.25, 0.3) is 0 Å². The average Bonchev–Trinajstić information content (AvgIpc) is 2.51. The van der Waals surface area contributed by atoms with Crippen molar-refractivity contribution in [2.24, 2.45) is 5.92 Å². The summed E-state index contributed by atoms with van der Waals surface area (Å²) in [7, 11) is 0. The molecular weight excluding hydrogens is 150 g/mol. The summed E-state index contributed by atoms with van der Waals surface area (Å²) >= 11 is 0. The lowest BCUT2D eigenvalue weighted by Gasteiger charge is -2.15. The van der Waals surface area contributed by atoms with Crippen LogP contribution in [0.4, 0.5) is 0 Å². The van der Waals surface area contributed by atoms with Gasteiger partial charge in [0, 0.05) is 12.3 Å². The van der Waals surface area contributed by atoms with E-state index >= 15 is 0 Å². The molecule has 0 fully saturated rings. The van der Waals surface area contributed by atoms with Gasteiger partial charge in [0.2, 0.25) is 0 Å². The van der Waals surface area contributed by atoms with Crippen molar-refractivity contribution in [3.05, 3.63) is 24.2 Å². The van der Waals surface area contributed by atoms with E-state index in [-0.39, 0.29) is 0 Å². The van der Waals surface area contributed by atoms with Crippen LogP contribution in [0.25, 0.3) is 0 Å². The molecule has 64 valence electrons. The van der Waals surface area contributed by atoms with Gasteiger partial charge in [-0.05, 0) is 17.5 Å². The zero-order chi connectivity index (χ0) is 8.97. The highest BCUT2D eigenvalue weighted by molar-refractivity contribution is 5.14. The van der Waals surface area contributed by atoms with E-state index in [1.807, 2.05) is 6.07 Å². The van der Waals surface area contributed by atoms with Crippen molar-refractivity contribution in [1.29, 1.82) is 5.26 Å². The first-order valence-electron chi connectivity index (χ1n) is 4.14. The van der Waals surface area contributed by atoms with Gasteiger partial charge in [0.15, 0.2) is 0 Å². The molecule has 2 heteroatoms. The summed E-state index contributed by atoms with van der Waals surface area (Å²) in [5.74, 6) is 0.802. The zero-order valence-corrected chi connectivity index (χ0v) is 7.45. The van der Waals surface area contributed by atoms with Crippen LogP contribution in [0.15, 0.2) is 23.0 Å². The van der Waals surface area contributed by atoms with Crippen LogP contribution < -0.4 is 0 Å². The van der Waals surface area contributed by atoms with Crippen LogP contribution in [0.1, 0.15) is 31.7 Å². The van der Waals surface area contributed by atoms with Crippen LogP contribution in [0.2, 0.25) is 0 Å². The fourth-order valence-corrected chi connectivity index (χ4v) is 1.32. The van der Waals surface area contributed by atoms with Gasteiger partial charge in [-0.15, -0.1) is 0 Å². The molecule has 2 nitrogen and oxygen atoms in total. The second-order valence-electron chi connectivity index (χ2n) is 3.27. The lowest BCUT2D eigenvalue weighted by atomic mass is 9.88. The minimum Gasteiger partial charge on any atom is -0.472 e. The molecule has 0 saturated carbocycles. The van der Waals surface area contributed by atoms with Crippen LogP contribution in [-0.4, -0.2) is 0 Å². The fourth-order valence-electron chi connectivity index (χ4n) is 1.32. The zero-order valence-electron chi connectivity index (χ0n) is 7.45. The minimum atomic E-state index is 0.314. The van der Waals surface area contributed by atoms with Gasteiger partial charge in [0.05, 0.1) is 18.6 Å². The molecule has 0 saturated heterocycles. The molecule has 12 heavy (non-hydrogen) atoms. The molecule has 0 aliphatic rings. The first-order valence-corrected chi connectivity index (χ1v) is 4.14. The Morgan fingerprint density at radius 1 is 1.58 bits per heavy atom. The van der Waals surface area contributed by atoms with Crippen molar-refractivity contribution in [2.45, 2.75) is 26.2 Å². The Bertz CT molecular complexity index is 256. The normalized spacial score (nSPS) is 12.8. The molecule has 0 N–H and O–H groups in total. The SMILES string of the molecule is CC(C)C(CC#N)c1ccoc1. The Balaban J connectivity index is 2.75. The highest BCUT2D eigenvalue weighted by Crippen LogP contribution is 2.27. The summed E-state index contributed by atoms with van der Waals surface area (Å²) in [5.41, 5.74) is 1.13. The van der Waals surface area contributed by atoms with Crippen molar-refractivity contribution in [3.63, 3.8) is 0 Å². The third-order valence-corrected chi connectivity index (χ3v) is 2.09. The van der Waals surface area contributed by atoms with Crippen LogP contribution >= 0.6 is 0 Å². The van der Waals surface area contributed by atoms with Crippen molar-refractivity contribution in [3.8, 4) is 6.07 Å². The van der Waals surface area contributed by atoms with Gasteiger partial charge in [-0.1, -0.05) is 13.8 Å². The first kappa shape index (κ1) is 8.86. The Morgan fingerprint density at radius 3 is 2.75 bits per heavy atom.